The zero-order valence-electron chi connectivity index (χ0n) is 14.2. The van der Waals surface area contributed by atoms with Crippen LogP contribution in [0.3, 0.4) is 0 Å². The highest BCUT2D eigenvalue weighted by molar-refractivity contribution is 5.96. The lowest BCUT2D eigenvalue weighted by atomic mass is 9.87. The van der Waals surface area contributed by atoms with E-state index in [-0.39, 0.29) is 5.91 Å². The van der Waals surface area contributed by atoms with E-state index in [1.807, 2.05) is 28.9 Å². The lowest BCUT2D eigenvalue weighted by molar-refractivity contribution is -0.127. The van der Waals surface area contributed by atoms with Gasteiger partial charge in [0.1, 0.15) is 0 Å². The topological polar surface area (TPSA) is 94.0 Å². The van der Waals surface area contributed by atoms with Crippen molar-refractivity contribution in [2.24, 2.45) is 5.41 Å². The normalized spacial score (nSPS) is 22.9. The third-order valence-corrected chi connectivity index (χ3v) is 4.91. The van der Waals surface area contributed by atoms with Gasteiger partial charge in [0, 0.05) is 24.9 Å². The van der Waals surface area contributed by atoms with Crippen molar-refractivity contribution in [3.05, 3.63) is 24.3 Å². The van der Waals surface area contributed by atoms with Gasteiger partial charge in [0.05, 0.1) is 18.1 Å². The lowest BCUT2D eigenvalue weighted by Crippen LogP contribution is -2.41. The summed E-state index contributed by atoms with van der Waals surface area (Å²) in [7, 11) is 1.63. The van der Waals surface area contributed by atoms with Gasteiger partial charge in [0.15, 0.2) is 5.82 Å². The maximum absolute atomic E-state index is 12.8. The number of nitrogens with zero attached hydrogens (tertiary/aromatic N) is 4. The van der Waals surface area contributed by atoms with E-state index in [1.165, 1.54) is 0 Å². The number of methoxy groups -OCH3 is 1. The van der Waals surface area contributed by atoms with Crippen LogP contribution < -0.4 is 10.6 Å². The largest absolute Gasteiger partial charge is 0.384 e. The first-order valence-electron chi connectivity index (χ1n) is 8.61. The summed E-state index contributed by atoms with van der Waals surface area (Å²) in [5.41, 5.74) is 1.13. The van der Waals surface area contributed by atoms with Gasteiger partial charge in [0.25, 0.3) is 0 Å². The zero-order chi connectivity index (χ0) is 17.3. The minimum absolute atomic E-state index is 0.0155. The average Bonchev–Trinajstić information content (AvgIpc) is 3.15. The van der Waals surface area contributed by atoms with E-state index < -0.39 is 5.41 Å². The molecule has 1 aliphatic heterocycles. The number of ether oxygens (including phenoxy) is 1. The summed E-state index contributed by atoms with van der Waals surface area (Å²) in [4.78, 5) is 12.8. The van der Waals surface area contributed by atoms with Crippen LogP contribution in [0, 0.1) is 5.41 Å². The molecule has 1 amide bonds. The summed E-state index contributed by atoms with van der Waals surface area (Å²) in [6, 6.07) is 8.08. The molecule has 0 bridgehead atoms. The third-order valence-electron chi connectivity index (χ3n) is 4.91. The second-order valence-electron chi connectivity index (χ2n) is 6.85. The maximum atomic E-state index is 12.8. The van der Waals surface area contributed by atoms with Crippen LogP contribution in [0.1, 0.15) is 25.3 Å². The van der Waals surface area contributed by atoms with Crippen molar-refractivity contribution < 1.29 is 9.53 Å². The highest BCUT2D eigenvalue weighted by atomic mass is 16.5. The Morgan fingerprint density at radius 2 is 2.36 bits per heavy atom. The minimum Gasteiger partial charge on any atom is -0.384 e. The number of hydrogen-bond donors (Lipinski definition) is 2. The highest BCUT2D eigenvalue weighted by Crippen LogP contribution is 2.37. The van der Waals surface area contributed by atoms with E-state index >= 15 is 0 Å². The maximum Gasteiger partial charge on any atom is 0.234 e. The van der Waals surface area contributed by atoms with Gasteiger partial charge in [-0.05, 0) is 48.4 Å². The van der Waals surface area contributed by atoms with Crippen molar-refractivity contribution in [3.63, 3.8) is 0 Å². The lowest BCUT2D eigenvalue weighted by Gasteiger charge is -2.26. The number of anilines is 1. The summed E-state index contributed by atoms with van der Waals surface area (Å²) in [6.45, 7) is 1.87. The molecule has 8 nitrogen and oxygen atoms in total. The van der Waals surface area contributed by atoms with E-state index in [2.05, 4.69) is 26.2 Å². The fourth-order valence-electron chi connectivity index (χ4n) is 3.35. The summed E-state index contributed by atoms with van der Waals surface area (Å²) in [6.07, 6.45) is 2.99. The molecule has 1 saturated heterocycles. The highest BCUT2D eigenvalue weighted by Gasteiger charge is 2.41. The van der Waals surface area contributed by atoms with E-state index in [0.29, 0.717) is 19.2 Å². The van der Waals surface area contributed by atoms with Crippen molar-refractivity contribution in [1.82, 2.24) is 25.5 Å². The Bertz CT molecular complexity index is 764. The number of aromatic nitrogens is 4. The third kappa shape index (κ3) is 3.14. The molecule has 1 aromatic heterocycles. The molecule has 2 N–H and O–H groups in total. The van der Waals surface area contributed by atoms with Crippen LogP contribution in [0.5, 0.6) is 0 Å². The Morgan fingerprint density at radius 3 is 3.08 bits per heavy atom. The molecule has 8 heteroatoms. The Kier molecular flexibility index (Phi) is 4.22. The van der Waals surface area contributed by atoms with Gasteiger partial charge in [-0.3, -0.25) is 4.79 Å². The second kappa shape index (κ2) is 6.53. The molecule has 1 unspecified atom stereocenters. The molecule has 1 saturated carbocycles. The zero-order valence-corrected chi connectivity index (χ0v) is 14.2. The Hall–Kier alpha value is -2.32. The summed E-state index contributed by atoms with van der Waals surface area (Å²) in [5.74, 6) is 0.728. The molecular formula is C17H22N6O2. The summed E-state index contributed by atoms with van der Waals surface area (Å²) >= 11 is 0. The number of carbonyl (C=O) groups is 1. The predicted molar refractivity (Wildman–Crippen MR) is 91.9 cm³/mol. The number of tetrazole rings is 1. The van der Waals surface area contributed by atoms with Crippen LogP contribution in [0.2, 0.25) is 0 Å². The van der Waals surface area contributed by atoms with Crippen LogP contribution >= 0.6 is 0 Å². The Labute approximate surface area is 145 Å². The van der Waals surface area contributed by atoms with Crippen LogP contribution in [-0.2, 0) is 9.53 Å². The molecule has 1 atom stereocenters. The molecule has 4 rings (SSSR count). The standard InChI is InChI=1S/C17H22N6O2/c1-25-11-17(7-8-18-10-17)16(24)19-13-4-2-3-12(9-13)15-20-21-22-23(15)14-5-6-14/h2-4,9,14,18H,5-8,10-11H2,1H3,(H,19,24). The number of benzene rings is 1. The number of nitrogens with one attached hydrogen (secondary N) is 2. The molecule has 1 aromatic carbocycles. The van der Waals surface area contributed by atoms with Crippen LogP contribution in [-0.4, -0.2) is 52.9 Å². The first-order valence-corrected chi connectivity index (χ1v) is 8.61. The van der Waals surface area contributed by atoms with E-state index in [4.69, 9.17) is 4.74 Å². The van der Waals surface area contributed by atoms with Gasteiger partial charge in [-0.15, -0.1) is 5.10 Å². The first kappa shape index (κ1) is 16.2. The molecule has 25 heavy (non-hydrogen) atoms. The molecule has 0 spiro atoms. The van der Waals surface area contributed by atoms with Crippen molar-refractivity contribution in [1.29, 1.82) is 0 Å². The number of hydrogen-bond acceptors (Lipinski definition) is 6. The number of rotatable bonds is 6. The minimum atomic E-state index is -0.514. The van der Waals surface area contributed by atoms with E-state index in [9.17, 15) is 4.79 Å². The van der Waals surface area contributed by atoms with Crippen LogP contribution in [0.25, 0.3) is 11.4 Å². The van der Waals surface area contributed by atoms with Gasteiger partial charge in [0.2, 0.25) is 5.91 Å². The van der Waals surface area contributed by atoms with Gasteiger partial charge in [-0.1, -0.05) is 12.1 Å². The van der Waals surface area contributed by atoms with Crippen LogP contribution in [0.15, 0.2) is 24.3 Å². The van der Waals surface area contributed by atoms with E-state index in [1.54, 1.807) is 7.11 Å². The van der Waals surface area contributed by atoms with Crippen molar-refractivity contribution in [2.75, 3.05) is 32.1 Å². The summed E-state index contributed by atoms with van der Waals surface area (Å²) in [5, 5.41) is 18.3. The molecular weight excluding hydrogens is 320 g/mol. The van der Waals surface area contributed by atoms with Gasteiger partial charge < -0.3 is 15.4 Å². The molecule has 2 heterocycles. The van der Waals surface area contributed by atoms with Gasteiger partial charge in [-0.25, -0.2) is 4.68 Å². The molecule has 0 radical (unpaired) electrons. The first-order chi connectivity index (χ1) is 12.2. The predicted octanol–water partition coefficient (Wildman–Crippen LogP) is 1.24. The number of amides is 1. The quantitative estimate of drug-likeness (QED) is 0.820. The summed E-state index contributed by atoms with van der Waals surface area (Å²) < 4.78 is 7.16. The number of carbonyl (C=O) groups excluding carboxylic acids is 1. The molecule has 132 valence electrons. The SMILES string of the molecule is COCC1(C(=O)Nc2cccc(-c3nnnn3C3CC3)c2)CCNC1. The molecule has 2 aromatic rings. The monoisotopic (exact) mass is 342 g/mol. The molecule has 2 aliphatic rings. The smallest absolute Gasteiger partial charge is 0.234 e. The average molecular weight is 342 g/mol. The fraction of sp³-hybridized carbons (Fsp3) is 0.529. The molecule has 1 aliphatic carbocycles. The Balaban J connectivity index is 1.55. The van der Waals surface area contributed by atoms with Crippen molar-refractivity contribution in [2.45, 2.75) is 25.3 Å². The van der Waals surface area contributed by atoms with Crippen molar-refractivity contribution >= 4 is 11.6 Å². The Morgan fingerprint density at radius 1 is 1.48 bits per heavy atom. The van der Waals surface area contributed by atoms with Crippen molar-refractivity contribution in [3.8, 4) is 11.4 Å². The van der Waals surface area contributed by atoms with E-state index in [0.717, 1.165) is 42.9 Å². The molecule has 2 fully saturated rings. The van der Waals surface area contributed by atoms with Gasteiger partial charge in [-0.2, -0.15) is 0 Å². The second-order valence-corrected chi connectivity index (χ2v) is 6.85. The van der Waals surface area contributed by atoms with Gasteiger partial charge >= 0.3 is 0 Å². The van der Waals surface area contributed by atoms with Crippen LogP contribution in [0.4, 0.5) is 5.69 Å². The fourth-order valence-corrected chi connectivity index (χ4v) is 3.35.